The van der Waals surface area contributed by atoms with Crippen molar-refractivity contribution >= 4 is 22.6 Å². The van der Waals surface area contributed by atoms with Crippen LogP contribution in [0.25, 0.3) is 10.9 Å². The first-order valence-corrected chi connectivity index (χ1v) is 9.84. The predicted molar refractivity (Wildman–Crippen MR) is 117 cm³/mol. The quantitative estimate of drug-likeness (QED) is 0.460. The highest BCUT2D eigenvalue weighted by Gasteiger charge is 2.15. The highest BCUT2D eigenvalue weighted by Crippen LogP contribution is 2.33. The highest BCUT2D eigenvalue weighted by atomic mass is 16.5. The molecule has 9 nitrogen and oxygen atoms in total. The first kappa shape index (κ1) is 21.1. The number of rotatable bonds is 7. The Bertz CT molecular complexity index is 1280. The van der Waals surface area contributed by atoms with Crippen molar-refractivity contribution in [1.82, 2.24) is 15.1 Å². The van der Waals surface area contributed by atoms with Crippen LogP contribution in [0, 0.1) is 13.8 Å². The van der Waals surface area contributed by atoms with Gasteiger partial charge < -0.3 is 24.1 Å². The topological polar surface area (TPSA) is 109 Å². The number of pyridine rings is 2. The third kappa shape index (κ3) is 4.31. The molecule has 1 amide bonds. The van der Waals surface area contributed by atoms with Crippen molar-refractivity contribution in [3.8, 4) is 23.1 Å². The van der Waals surface area contributed by atoms with Gasteiger partial charge in [-0.25, -0.2) is 4.98 Å². The number of aryl methyl sites for hydroxylation is 1. The van der Waals surface area contributed by atoms with Gasteiger partial charge in [0.1, 0.15) is 23.0 Å². The van der Waals surface area contributed by atoms with E-state index in [2.05, 4.69) is 20.4 Å². The van der Waals surface area contributed by atoms with E-state index in [1.165, 1.54) is 0 Å². The summed E-state index contributed by atoms with van der Waals surface area (Å²) in [6, 6.07) is 8.80. The van der Waals surface area contributed by atoms with Crippen LogP contribution < -0.4 is 19.5 Å². The average Bonchev–Trinajstić information content (AvgIpc) is 3.11. The van der Waals surface area contributed by atoms with Crippen LogP contribution in [0.3, 0.4) is 0 Å². The Labute approximate surface area is 184 Å². The smallest absolute Gasteiger partial charge is 0.230 e. The normalized spacial score (nSPS) is 10.8. The minimum Gasteiger partial charge on any atom is -0.496 e. The summed E-state index contributed by atoms with van der Waals surface area (Å²) >= 11 is 0. The van der Waals surface area contributed by atoms with Crippen LogP contribution in [-0.2, 0) is 11.2 Å². The van der Waals surface area contributed by atoms with Gasteiger partial charge in [0.15, 0.2) is 5.82 Å². The van der Waals surface area contributed by atoms with E-state index >= 15 is 0 Å². The summed E-state index contributed by atoms with van der Waals surface area (Å²) in [6.45, 7) is 3.63. The molecule has 4 aromatic rings. The lowest BCUT2D eigenvalue weighted by Crippen LogP contribution is -2.15. The van der Waals surface area contributed by atoms with E-state index in [-0.39, 0.29) is 12.3 Å². The molecule has 9 heteroatoms. The molecule has 164 valence electrons. The lowest BCUT2D eigenvalue weighted by atomic mass is 10.1. The van der Waals surface area contributed by atoms with Gasteiger partial charge in [0.2, 0.25) is 11.8 Å². The highest BCUT2D eigenvalue weighted by molar-refractivity contribution is 5.92. The largest absolute Gasteiger partial charge is 0.496 e. The van der Waals surface area contributed by atoms with Crippen molar-refractivity contribution in [1.29, 1.82) is 0 Å². The number of amides is 1. The summed E-state index contributed by atoms with van der Waals surface area (Å²) in [5.74, 6) is 3.00. The zero-order chi connectivity index (χ0) is 22.7. The zero-order valence-electron chi connectivity index (χ0n) is 18.1. The molecular formula is C23H22N4O5. The number of nitrogens with one attached hydrogen (secondary N) is 1. The first-order chi connectivity index (χ1) is 15.5. The third-order valence-electron chi connectivity index (χ3n) is 5.02. The Morgan fingerprint density at radius 1 is 1.06 bits per heavy atom. The number of carbonyl (C=O) groups is 1. The Morgan fingerprint density at radius 2 is 1.91 bits per heavy atom. The summed E-state index contributed by atoms with van der Waals surface area (Å²) in [5.41, 5.74) is 2.21. The Morgan fingerprint density at radius 3 is 2.62 bits per heavy atom. The van der Waals surface area contributed by atoms with Gasteiger partial charge >= 0.3 is 0 Å². The monoisotopic (exact) mass is 434 g/mol. The maximum Gasteiger partial charge on any atom is 0.230 e. The van der Waals surface area contributed by atoms with Crippen LogP contribution in [0.1, 0.15) is 16.9 Å². The van der Waals surface area contributed by atoms with Gasteiger partial charge in [-0.2, -0.15) is 0 Å². The van der Waals surface area contributed by atoms with Crippen LogP contribution in [0.2, 0.25) is 0 Å². The standard InChI is InChI=1S/C23H22N4O5/c1-13-14(2)32-27-23(13)26-21(28)9-15-5-6-16(10-20(15)29-3)31-19-7-8-24-18-11-22(30-4)25-12-17(18)19/h5-8,10-12H,9H2,1-4H3,(H,26,27,28). The lowest BCUT2D eigenvalue weighted by molar-refractivity contribution is -0.115. The number of methoxy groups -OCH3 is 2. The van der Waals surface area contributed by atoms with Gasteiger partial charge in [0, 0.05) is 35.7 Å². The second-order valence-corrected chi connectivity index (χ2v) is 7.07. The second kappa shape index (κ2) is 8.93. The van der Waals surface area contributed by atoms with Gasteiger partial charge in [0.05, 0.1) is 31.5 Å². The fourth-order valence-electron chi connectivity index (χ4n) is 3.14. The van der Waals surface area contributed by atoms with Gasteiger partial charge in [-0.15, -0.1) is 0 Å². The number of carbonyl (C=O) groups excluding carboxylic acids is 1. The summed E-state index contributed by atoms with van der Waals surface area (Å²) in [6.07, 6.45) is 3.41. The molecule has 0 saturated carbocycles. The van der Waals surface area contributed by atoms with Crippen molar-refractivity contribution in [2.24, 2.45) is 0 Å². The molecule has 0 aliphatic heterocycles. The van der Waals surface area contributed by atoms with Crippen molar-refractivity contribution in [2.45, 2.75) is 20.3 Å². The Kier molecular flexibility index (Phi) is 5.89. The van der Waals surface area contributed by atoms with E-state index < -0.39 is 0 Å². The number of aromatic nitrogens is 3. The molecule has 0 bridgehead atoms. The third-order valence-corrected chi connectivity index (χ3v) is 5.02. The maximum atomic E-state index is 12.5. The van der Waals surface area contributed by atoms with Crippen LogP contribution in [0.4, 0.5) is 5.82 Å². The molecule has 0 fully saturated rings. The van der Waals surface area contributed by atoms with Crippen LogP contribution in [0.15, 0.2) is 47.2 Å². The summed E-state index contributed by atoms with van der Waals surface area (Å²) < 4.78 is 21.8. The van der Waals surface area contributed by atoms with Crippen LogP contribution in [0.5, 0.6) is 23.1 Å². The van der Waals surface area contributed by atoms with E-state index in [4.69, 9.17) is 18.7 Å². The number of anilines is 1. The average molecular weight is 434 g/mol. The molecule has 0 unspecified atom stereocenters. The first-order valence-electron chi connectivity index (χ1n) is 9.84. The molecule has 0 atom stereocenters. The van der Waals surface area contributed by atoms with Gasteiger partial charge in [-0.05, 0) is 26.0 Å². The molecule has 3 aromatic heterocycles. The minimum atomic E-state index is -0.228. The van der Waals surface area contributed by atoms with Gasteiger partial charge in [-0.1, -0.05) is 11.2 Å². The Balaban J connectivity index is 1.53. The summed E-state index contributed by atoms with van der Waals surface area (Å²) in [5, 5.41) is 7.36. The van der Waals surface area contributed by atoms with E-state index in [0.717, 1.165) is 10.9 Å². The molecule has 0 spiro atoms. The van der Waals surface area contributed by atoms with Gasteiger partial charge in [-0.3, -0.25) is 9.78 Å². The van der Waals surface area contributed by atoms with E-state index in [1.54, 1.807) is 63.9 Å². The second-order valence-electron chi connectivity index (χ2n) is 7.07. The summed E-state index contributed by atoms with van der Waals surface area (Å²) in [7, 11) is 3.10. The predicted octanol–water partition coefficient (Wildman–Crippen LogP) is 4.23. The molecule has 1 N–H and O–H groups in total. The van der Waals surface area contributed by atoms with Crippen molar-refractivity contribution in [3.63, 3.8) is 0 Å². The number of ether oxygens (including phenoxy) is 3. The van der Waals surface area contributed by atoms with Crippen LogP contribution in [-0.4, -0.2) is 35.3 Å². The molecule has 0 aliphatic carbocycles. The molecule has 0 radical (unpaired) electrons. The van der Waals surface area contributed by atoms with Crippen molar-refractivity contribution < 1.29 is 23.5 Å². The fraction of sp³-hybridized carbons (Fsp3) is 0.217. The number of benzene rings is 1. The molecule has 32 heavy (non-hydrogen) atoms. The number of hydrogen-bond donors (Lipinski definition) is 1. The number of nitrogens with zero attached hydrogens (tertiary/aromatic N) is 3. The van der Waals surface area contributed by atoms with E-state index in [0.29, 0.717) is 45.8 Å². The minimum absolute atomic E-state index is 0.108. The van der Waals surface area contributed by atoms with E-state index in [9.17, 15) is 4.79 Å². The van der Waals surface area contributed by atoms with Crippen LogP contribution >= 0.6 is 0 Å². The molecule has 0 saturated heterocycles. The molecular weight excluding hydrogens is 412 g/mol. The fourth-order valence-corrected chi connectivity index (χ4v) is 3.14. The Hall–Kier alpha value is -4.14. The summed E-state index contributed by atoms with van der Waals surface area (Å²) in [4.78, 5) is 21.0. The number of hydrogen-bond acceptors (Lipinski definition) is 8. The molecule has 0 aliphatic rings. The molecule has 3 heterocycles. The number of fused-ring (bicyclic) bond motifs is 1. The van der Waals surface area contributed by atoms with Gasteiger partial charge in [0.25, 0.3) is 0 Å². The van der Waals surface area contributed by atoms with Crippen molar-refractivity contribution in [2.75, 3.05) is 19.5 Å². The maximum absolute atomic E-state index is 12.5. The lowest BCUT2D eigenvalue weighted by Gasteiger charge is -2.13. The SMILES string of the molecule is COc1cc2nccc(Oc3ccc(CC(=O)Nc4noc(C)c4C)c(OC)c3)c2cn1. The molecule has 4 rings (SSSR count). The molecule has 1 aromatic carbocycles. The zero-order valence-corrected chi connectivity index (χ0v) is 18.1. The van der Waals surface area contributed by atoms with Crippen molar-refractivity contribution in [3.05, 3.63) is 59.6 Å². The van der Waals surface area contributed by atoms with E-state index in [1.807, 2.05) is 6.92 Å².